The van der Waals surface area contributed by atoms with Crippen LogP contribution in [0.2, 0.25) is 0 Å². The number of nitrogens with two attached hydrogens (primary N) is 1. The first kappa shape index (κ1) is 13.7. The molecule has 0 bridgehead atoms. The Morgan fingerprint density at radius 3 is 2.29 bits per heavy atom. The van der Waals surface area contributed by atoms with Crippen LogP contribution in [0, 0.1) is 0 Å². The SMILES string of the molecule is CCS(=O)(=O)C(CO)C(=O)c1ccc(N)cc1. The number of anilines is 1. The second-order valence-corrected chi connectivity index (χ2v) is 6.08. The van der Waals surface area contributed by atoms with E-state index in [4.69, 9.17) is 10.8 Å². The Labute approximate surface area is 100 Å². The second kappa shape index (κ2) is 5.29. The van der Waals surface area contributed by atoms with Gasteiger partial charge in [0.2, 0.25) is 0 Å². The molecule has 1 aromatic rings. The molecule has 0 aliphatic rings. The summed E-state index contributed by atoms with van der Waals surface area (Å²) in [5.41, 5.74) is 6.19. The zero-order valence-electron chi connectivity index (χ0n) is 9.46. The molecule has 0 aliphatic carbocycles. The maximum atomic E-state index is 11.9. The molecule has 1 atom stereocenters. The van der Waals surface area contributed by atoms with Gasteiger partial charge in [0.1, 0.15) is 5.25 Å². The fourth-order valence-electron chi connectivity index (χ4n) is 1.39. The maximum Gasteiger partial charge on any atom is 0.183 e. The standard InChI is InChI=1S/C11H15NO4S/c1-2-17(15,16)10(7-13)11(14)8-3-5-9(12)6-4-8/h3-6,10,13H,2,7,12H2,1H3. The number of rotatable bonds is 5. The fourth-order valence-corrected chi connectivity index (χ4v) is 2.49. The highest BCUT2D eigenvalue weighted by molar-refractivity contribution is 7.92. The molecule has 0 amide bonds. The van der Waals surface area contributed by atoms with Crippen molar-refractivity contribution in [2.75, 3.05) is 18.1 Å². The summed E-state index contributed by atoms with van der Waals surface area (Å²) in [6.45, 7) is 0.730. The van der Waals surface area contributed by atoms with Gasteiger partial charge in [0, 0.05) is 17.0 Å². The first-order valence-corrected chi connectivity index (χ1v) is 6.86. The Morgan fingerprint density at radius 1 is 1.35 bits per heavy atom. The van der Waals surface area contributed by atoms with Gasteiger partial charge in [-0.1, -0.05) is 6.92 Å². The molecule has 0 heterocycles. The Morgan fingerprint density at radius 2 is 1.88 bits per heavy atom. The maximum absolute atomic E-state index is 11.9. The van der Waals surface area contributed by atoms with Crippen LogP contribution in [0.15, 0.2) is 24.3 Å². The van der Waals surface area contributed by atoms with Crippen LogP contribution >= 0.6 is 0 Å². The molecule has 1 unspecified atom stereocenters. The van der Waals surface area contributed by atoms with Crippen molar-refractivity contribution in [1.82, 2.24) is 0 Å². The van der Waals surface area contributed by atoms with Gasteiger partial charge in [-0.05, 0) is 24.3 Å². The monoisotopic (exact) mass is 257 g/mol. The number of nitrogen functional groups attached to an aromatic ring is 1. The molecule has 1 aromatic carbocycles. The molecule has 0 spiro atoms. The first-order chi connectivity index (χ1) is 7.92. The highest BCUT2D eigenvalue weighted by Crippen LogP contribution is 2.13. The molecule has 5 nitrogen and oxygen atoms in total. The fraction of sp³-hybridized carbons (Fsp3) is 0.364. The lowest BCUT2D eigenvalue weighted by atomic mass is 10.1. The summed E-state index contributed by atoms with van der Waals surface area (Å²) in [6.07, 6.45) is 0. The van der Waals surface area contributed by atoms with Crippen LogP contribution in [-0.2, 0) is 9.84 Å². The molecule has 3 N–H and O–H groups in total. The van der Waals surface area contributed by atoms with E-state index in [0.717, 1.165) is 0 Å². The van der Waals surface area contributed by atoms with Gasteiger partial charge in [0.15, 0.2) is 15.6 Å². The van der Waals surface area contributed by atoms with E-state index in [1.165, 1.54) is 31.2 Å². The normalized spacial score (nSPS) is 13.3. The average molecular weight is 257 g/mol. The summed E-state index contributed by atoms with van der Waals surface area (Å²) in [5, 5.41) is 7.66. The number of aliphatic hydroxyl groups excluding tert-OH is 1. The summed E-state index contributed by atoms with van der Waals surface area (Å²) < 4.78 is 23.2. The van der Waals surface area contributed by atoms with E-state index in [9.17, 15) is 13.2 Å². The highest BCUT2D eigenvalue weighted by Gasteiger charge is 2.30. The lowest BCUT2D eigenvalue weighted by Gasteiger charge is -2.12. The van der Waals surface area contributed by atoms with Crippen molar-refractivity contribution in [3.8, 4) is 0 Å². The first-order valence-electron chi connectivity index (χ1n) is 5.14. The number of hydrogen-bond acceptors (Lipinski definition) is 5. The number of Topliss-reactive ketones (excluding diaryl/α,β-unsaturated/α-hetero) is 1. The third kappa shape index (κ3) is 3.04. The molecule has 0 saturated carbocycles. The van der Waals surface area contributed by atoms with Crippen molar-refractivity contribution in [2.24, 2.45) is 0 Å². The van der Waals surface area contributed by atoms with Crippen LogP contribution < -0.4 is 5.73 Å². The molecule has 6 heteroatoms. The van der Waals surface area contributed by atoms with Gasteiger partial charge in [0.25, 0.3) is 0 Å². The van der Waals surface area contributed by atoms with Crippen LogP contribution in [0.3, 0.4) is 0 Å². The van der Waals surface area contributed by atoms with Crippen LogP contribution in [0.25, 0.3) is 0 Å². The smallest absolute Gasteiger partial charge is 0.183 e. The van der Waals surface area contributed by atoms with Gasteiger partial charge in [-0.3, -0.25) is 4.79 Å². The predicted molar refractivity (Wildman–Crippen MR) is 65.5 cm³/mol. The van der Waals surface area contributed by atoms with E-state index in [1.807, 2.05) is 0 Å². The predicted octanol–water partition coefficient (Wildman–Crippen LogP) is 0.247. The number of carbonyl (C=O) groups is 1. The van der Waals surface area contributed by atoms with Gasteiger partial charge >= 0.3 is 0 Å². The zero-order chi connectivity index (χ0) is 13.1. The number of carbonyl (C=O) groups excluding carboxylic acids is 1. The third-order valence-corrected chi connectivity index (χ3v) is 4.52. The van der Waals surface area contributed by atoms with E-state index in [1.54, 1.807) is 0 Å². The molecule has 0 aliphatic heterocycles. The van der Waals surface area contributed by atoms with Crippen molar-refractivity contribution in [2.45, 2.75) is 12.2 Å². The van der Waals surface area contributed by atoms with E-state index in [2.05, 4.69) is 0 Å². The van der Waals surface area contributed by atoms with E-state index < -0.39 is 27.5 Å². The van der Waals surface area contributed by atoms with Gasteiger partial charge in [-0.2, -0.15) is 0 Å². The summed E-state index contributed by atoms with van der Waals surface area (Å²) in [4.78, 5) is 11.9. The topological polar surface area (TPSA) is 97.5 Å². The van der Waals surface area contributed by atoms with Crippen LogP contribution in [0.5, 0.6) is 0 Å². The molecule has 94 valence electrons. The third-order valence-electron chi connectivity index (χ3n) is 2.49. The molecule has 17 heavy (non-hydrogen) atoms. The lowest BCUT2D eigenvalue weighted by molar-refractivity contribution is 0.0961. The summed E-state index contributed by atoms with van der Waals surface area (Å²) >= 11 is 0. The van der Waals surface area contributed by atoms with Crippen LogP contribution in [0.4, 0.5) is 5.69 Å². The number of hydrogen-bond donors (Lipinski definition) is 2. The highest BCUT2D eigenvalue weighted by atomic mass is 32.2. The van der Waals surface area contributed by atoms with Crippen LogP contribution in [-0.4, -0.2) is 36.9 Å². The van der Waals surface area contributed by atoms with Crippen molar-refractivity contribution >= 4 is 21.3 Å². The van der Waals surface area contributed by atoms with Crippen LogP contribution in [0.1, 0.15) is 17.3 Å². The Balaban J connectivity index is 3.07. The Hall–Kier alpha value is -1.40. The molecular formula is C11H15NO4S. The van der Waals surface area contributed by atoms with E-state index >= 15 is 0 Å². The summed E-state index contributed by atoms with van der Waals surface area (Å²) in [7, 11) is -3.60. The molecule has 0 saturated heterocycles. The quantitative estimate of drug-likeness (QED) is 0.582. The second-order valence-electron chi connectivity index (χ2n) is 3.61. The van der Waals surface area contributed by atoms with E-state index in [-0.39, 0.29) is 11.3 Å². The van der Waals surface area contributed by atoms with Crippen molar-refractivity contribution in [3.05, 3.63) is 29.8 Å². The minimum Gasteiger partial charge on any atom is -0.399 e. The minimum atomic E-state index is -3.60. The minimum absolute atomic E-state index is 0.182. The number of aliphatic hydroxyl groups is 1. The Bertz CT molecular complexity index is 493. The number of sulfone groups is 1. The van der Waals surface area contributed by atoms with E-state index in [0.29, 0.717) is 5.69 Å². The molecule has 0 aromatic heterocycles. The van der Waals surface area contributed by atoms with Gasteiger partial charge in [-0.15, -0.1) is 0 Å². The summed E-state index contributed by atoms with van der Waals surface area (Å²) in [5.74, 6) is -0.784. The van der Waals surface area contributed by atoms with Gasteiger partial charge in [-0.25, -0.2) is 8.42 Å². The summed E-state index contributed by atoms with van der Waals surface area (Å²) in [6, 6.07) is 5.93. The van der Waals surface area contributed by atoms with Crippen molar-refractivity contribution < 1.29 is 18.3 Å². The van der Waals surface area contributed by atoms with Gasteiger partial charge in [0.05, 0.1) is 6.61 Å². The lowest BCUT2D eigenvalue weighted by Crippen LogP contribution is -2.35. The number of ketones is 1. The van der Waals surface area contributed by atoms with Crippen molar-refractivity contribution in [1.29, 1.82) is 0 Å². The molecule has 0 fully saturated rings. The average Bonchev–Trinajstić information content (AvgIpc) is 2.30. The molecule has 0 radical (unpaired) electrons. The largest absolute Gasteiger partial charge is 0.399 e. The van der Waals surface area contributed by atoms with Crippen molar-refractivity contribution in [3.63, 3.8) is 0 Å². The zero-order valence-corrected chi connectivity index (χ0v) is 10.3. The van der Waals surface area contributed by atoms with Gasteiger partial charge < -0.3 is 10.8 Å². The Kier molecular flexibility index (Phi) is 4.25. The number of benzene rings is 1. The molecule has 1 rings (SSSR count). The molecular weight excluding hydrogens is 242 g/mol.